The molecule has 0 aliphatic carbocycles. The first kappa shape index (κ1) is 18.6. The molecule has 0 saturated heterocycles. The molecule has 1 aromatic heterocycles. The van der Waals surface area contributed by atoms with Gasteiger partial charge in [-0.25, -0.2) is 0 Å². The number of rotatable bonds is 4. The molecule has 0 N–H and O–H groups in total. The van der Waals surface area contributed by atoms with E-state index in [1.807, 2.05) is 36.4 Å². The maximum Gasteiger partial charge on any atom is 0.231 e. The van der Waals surface area contributed by atoms with Gasteiger partial charge in [0.2, 0.25) is 5.78 Å². The lowest BCUT2D eigenvalue weighted by Crippen LogP contribution is -2.31. The third-order valence-electron chi connectivity index (χ3n) is 5.52. The fourth-order valence-corrected chi connectivity index (χ4v) is 3.85. The van der Waals surface area contributed by atoms with Crippen LogP contribution in [-0.4, -0.2) is 22.4 Å². The SMILES string of the molecule is CCc1ccc(/C=C2\Oc3c(ccc4c3CN(Cc3ccncc3)CO4)C2=O)cc1. The highest BCUT2D eigenvalue weighted by atomic mass is 16.5. The van der Waals surface area contributed by atoms with E-state index >= 15 is 0 Å². The molecule has 2 aliphatic rings. The van der Waals surface area contributed by atoms with E-state index in [9.17, 15) is 4.79 Å². The molecule has 5 rings (SSSR count). The van der Waals surface area contributed by atoms with Crippen LogP contribution in [-0.2, 0) is 19.5 Å². The molecule has 0 atom stereocenters. The number of carbonyl (C=O) groups excluding carboxylic acids is 1. The van der Waals surface area contributed by atoms with Gasteiger partial charge in [0.25, 0.3) is 0 Å². The van der Waals surface area contributed by atoms with Gasteiger partial charge >= 0.3 is 0 Å². The molecule has 0 spiro atoms. The summed E-state index contributed by atoms with van der Waals surface area (Å²) in [7, 11) is 0. The Balaban J connectivity index is 1.41. The Labute approximate surface area is 175 Å². The first-order chi connectivity index (χ1) is 14.7. The molecule has 0 bridgehead atoms. The van der Waals surface area contributed by atoms with E-state index in [0.717, 1.165) is 35.4 Å². The average molecular weight is 398 g/mol. The number of aromatic nitrogens is 1. The Hall–Kier alpha value is -3.44. The van der Waals surface area contributed by atoms with Crippen molar-refractivity contribution in [3.05, 3.63) is 94.5 Å². The Bertz CT molecular complexity index is 1120. The third kappa shape index (κ3) is 3.48. The molecular formula is C25H22N2O3. The molecule has 5 nitrogen and oxygen atoms in total. The van der Waals surface area contributed by atoms with Crippen molar-refractivity contribution < 1.29 is 14.3 Å². The van der Waals surface area contributed by atoms with Crippen LogP contribution >= 0.6 is 0 Å². The number of nitrogens with zero attached hydrogens (tertiary/aromatic N) is 2. The molecule has 0 saturated carbocycles. The second kappa shape index (κ2) is 7.76. The van der Waals surface area contributed by atoms with Gasteiger partial charge in [-0.15, -0.1) is 0 Å². The zero-order valence-electron chi connectivity index (χ0n) is 16.8. The lowest BCUT2D eigenvalue weighted by Gasteiger charge is -2.29. The number of pyridine rings is 1. The van der Waals surface area contributed by atoms with Gasteiger partial charge in [-0.05, 0) is 53.5 Å². The lowest BCUT2D eigenvalue weighted by molar-refractivity contribution is 0.0872. The summed E-state index contributed by atoms with van der Waals surface area (Å²) in [5, 5.41) is 0. The number of hydrogen-bond acceptors (Lipinski definition) is 5. The highest BCUT2D eigenvalue weighted by Gasteiger charge is 2.33. The normalized spacial score (nSPS) is 16.7. The van der Waals surface area contributed by atoms with E-state index in [-0.39, 0.29) is 5.78 Å². The molecule has 0 unspecified atom stereocenters. The van der Waals surface area contributed by atoms with Crippen molar-refractivity contribution in [3.63, 3.8) is 0 Å². The quantitative estimate of drug-likeness (QED) is 0.601. The van der Waals surface area contributed by atoms with Crippen molar-refractivity contribution in [2.75, 3.05) is 6.73 Å². The Kier molecular flexibility index (Phi) is 4.81. The van der Waals surface area contributed by atoms with Gasteiger partial charge in [-0.3, -0.25) is 14.7 Å². The summed E-state index contributed by atoms with van der Waals surface area (Å²) in [6.07, 6.45) is 6.38. The zero-order valence-corrected chi connectivity index (χ0v) is 16.8. The first-order valence-electron chi connectivity index (χ1n) is 10.1. The van der Waals surface area contributed by atoms with E-state index in [0.29, 0.717) is 30.3 Å². The van der Waals surface area contributed by atoms with Crippen molar-refractivity contribution in [1.82, 2.24) is 9.88 Å². The van der Waals surface area contributed by atoms with Crippen molar-refractivity contribution in [2.24, 2.45) is 0 Å². The van der Waals surface area contributed by atoms with E-state index in [2.05, 4.69) is 28.9 Å². The van der Waals surface area contributed by atoms with Crippen LogP contribution in [0.1, 0.15) is 39.5 Å². The van der Waals surface area contributed by atoms with Crippen molar-refractivity contribution in [3.8, 4) is 11.5 Å². The Morgan fingerprint density at radius 2 is 1.83 bits per heavy atom. The fraction of sp³-hybridized carbons (Fsp3) is 0.200. The van der Waals surface area contributed by atoms with Crippen molar-refractivity contribution in [2.45, 2.75) is 26.4 Å². The second-order valence-corrected chi connectivity index (χ2v) is 7.57. The Morgan fingerprint density at radius 3 is 2.60 bits per heavy atom. The van der Waals surface area contributed by atoms with Crippen LogP contribution in [0.15, 0.2) is 66.7 Å². The lowest BCUT2D eigenvalue weighted by atomic mass is 10.0. The predicted molar refractivity (Wildman–Crippen MR) is 114 cm³/mol. The van der Waals surface area contributed by atoms with E-state index in [1.54, 1.807) is 18.5 Å². The van der Waals surface area contributed by atoms with Crippen LogP contribution in [0.4, 0.5) is 0 Å². The van der Waals surface area contributed by atoms with Gasteiger partial charge in [-0.1, -0.05) is 31.2 Å². The summed E-state index contributed by atoms with van der Waals surface area (Å²) >= 11 is 0. The van der Waals surface area contributed by atoms with Gasteiger partial charge in [0, 0.05) is 25.5 Å². The van der Waals surface area contributed by atoms with E-state index < -0.39 is 0 Å². The molecule has 3 aromatic rings. The largest absolute Gasteiger partial charge is 0.478 e. The molecular weight excluding hydrogens is 376 g/mol. The number of benzene rings is 2. The second-order valence-electron chi connectivity index (χ2n) is 7.57. The molecule has 150 valence electrons. The number of hydrogen-bond donors (Lipinski definition) is 0. The number of allylic oxidation sites excluding steroid dienone is 1. The van der Waals surface area contributed by atoms with Crippen LogP contribution in [0.25, 0.3) is 6.08 Å². The number of ether oxygens (including phenoxy) is 2. The minimum Gasteiger partial charge on any atom is -0.478 e. The summed E-state index contributed by atoms with van der Waals surface area (Å²) in [6, 6.07) is 15.8. The highest BCUT2D eigenvalue weighted by molar-refractivity contribution is 6.15. The fourth-order valence-electron chi connectivity index (χ4n) is 3.85. The van der Waals surface area contributed by atoms with Crippen molar-refractivity contribution in [1.29, 1.82) is 0 Å². The topological polar surface area (TPSA) is 51.7 Å². The van der Waals surface area contributed by atoms with E-state index in [4.69, 9.17) is 9.47 Å². The monoisotopic (exact) mass is 398 g/mol. The van der Waals surface area contributed by atoms with Crippen LogP contribution in [0, 0.1) is 0 Å². The molecule has 2 aromatic carbocycles. The molecule has 5 heteroatoms. The molecule has 30 heavy (non-hydrogen) atoms. The number of Topliss-reactive ketones (excluding diaryl/α,β-unsaturated/α-hetero) is 1. The van der Waals surface area contributed by atoms with Crippen LogP contribution in [0.5, 0.6) is 11.5 Å². The number of carbonyl (C=O) groups is 1. The maximum atomic E-state index is 12.9. The third-order valence-corrected chi connectivity index (χ3v) is 5.52. The zero-order chi connectivity index (χ0) is 20.5. The molecule has 3 heterocycles. The Morgan fingerprint density at radius 1 is 1.03 bits per heavy atom. The van der Waals surface area contributed by atoms with Crippen LogP contribution in [0.3, 0.4) is 0 Å². The summed E-state index contributed by atoms with van der Waals surface area (Å²) in [5.74, 6) is 1.67. The van der Waals surface area contributed by atoms with E-state index in [1.165, 1.54) is 5.56 Å². The van der Waals surface area contributed by atoms with Crippen LogP contribution < -0.4 is 9.47 Å². The minimum atomic E-state index is -0.0846. The predicted octanol–water partition coefficient (Wildman–Crippen LogP) is 4.61. The van der Waals surface area contributed by atoms with Gasteiger partial charge in [0.05, 0.1) is 11.1 Å². The first-order valence-corrected chi connectivity index (χ1v) is 10.1. The molecule has 0 amide bonds. The van der Waals surface area contributed by atoms with Gasteiger partial charge in [-0.2, -0.15) is 0 Å². The van der Waals surface area contributed by atoms with Crippen LogP contribution in [0.2, 0.25) is 0 Å². The summed E-state index contributed by atoms with van der Waals surface area (Å²) < 4.78 is 12.0. The number of fused-ring (bicyclic) bond motifs is 3. The smallest absolute Gasteiger partial charge is 0.231 e. The van der Waals surface area contributed by atoms with Gasteiger partial charge in [0.15, 0.2) is 5.76 Å². The summed E-state index contributed by atoms with van der Waals surface area (Å²) in [4.78, 5) is 19.2. The molecule has 0 radical (unpaired) electrons. The maximum absolute atomic E-state index is 12.9. The van der Waals surface area contributed by atoms with Gasteiger partial charge in [0.1, 0.15) is 18.2 Å². The summed E-state index contributed by atoms with van der Waals surface area (Å²) in [5.41, 5.74) is 4.90. The van der Waals surface area contributed by atoms with Gasteiger partial charge < -0.3 is 9.47 Å². The standard InChI is InChI=1S/C25H22N2O3/c1-2-17-3-5-18(6-4-17)13-23-24(28)20-7-8-22-21(25(20)30-23)15-27(16-29-22)14-19-9-11-26-12-10-19/h3-13H,2,14-16H2,1H3/b23-13-. The average Bonchev–Trinajstić information content (AvgIpc) is 3.11. The number of aryl methyl sites for hydroxylation is 1. The molecule has 2 aliphatic heterocycles. The number of ketones is 1. The van der Waals surface area contributed by atoms with Crippen molar-refractivity contribution >= 4 is 11.9 Å². The highest BCUT2D eigenvalue weighted by Crippen LogP contribution is 2.42. The molecule has 0 fully saturated rings. The summed E-state index contributed by atoms with van der Waals surface area (Å²) in [6.45, 7) is 4.02. The minimum absolute atomic E-state index is 0.0846.